The molecule has 94 valence electrons. The van der Waals surface area contributed by atoms with Gasteiger partial charge in [-0.2, -0.15) is 0 Å². The van der Waals surface area contributed by atoms with Crippen molar-refractivity contribution in [1.82, 2.24) is 4.98 Å². The third-order valence-electron chi connectivity index (χ3n) is 2.29. The maximum absolute atomic E-state index is 10.6. The third kappa shape index (κ3) is 2.79. The smallest absolute Gasteiger partial charge is 0.371 e. The molecule has 0 atom stereocenters. The van der Waals surface area contributed by atoms with Gasteiger partial charge in [0.05, 0.1) is 7.11 Å². The number of ether oxygens (including phenoxy) is 1. The molecule has 0 radical (unpaired) electrons. The molecule has 18 heavy (non-hydrogen) atoms. The molecule has 0 spiro atoms. The number of hydrogen-bond donors (Lipinski definition) is 2. The van der Waals surface area contributed by atoms with Gasteiger partial charge in [0.15, 0.2) is 5.88 Å². The van der Waals surface area contributed by atoms with Crippen LogP contribution in [0.25, 0.3) is 0 Å². The minimum absolute atomic E-state index is 0.0928. The number of hydrogen-bond acceptors (Lipinski definition) is 5. The highest BCUT2D eigenvalue weighted by atomic mass is 16.5. The number of nitrogens with zero attached hydrogens (tertiary/aromatic N) is 1. The molecule has 2 N–H and O–H groups in total. The normalized spacial score (nSPS) is 10.1. The average molecular weight is 248 g/mol. The highest BCUT2D eigenvalue weighted by Crippen LogP contribution is 2.15. The number of furan rings is 1. The minimum atomic E-state index is -1.09. The molecule has 2 aromatic heterocycles. The molecule has 6 heteroatoms. The van der Waals surface area contributed by atoms with E-state index in [4.69, 9.17) is 14.3 Å². The number of methoxy groups -OCH3 is 1. The Labute approximate surface area is 103 Å². The summed E-state index contributed by atoms with van der Waals surface area (Å²) >= 11 is 0. The molecule has 0 unspecified atom stereocenters. The van der Waals surface area contributed by atoms with Crippen molar-refractivity contribution < 1.29 is 19.1 Å². The van der Waals surface area contributed by atoms with Crippen LogP contribution in [0.3, 0.4) is 0 Å². The van der Waals surface area contributed by atoms with Crippen molar-refractivity contribution >= 4 is 11.9 Å². The molecule has 0 fully saturated rings. The monoisotopic (exact) mass is 248 g/mol. The molecule has 6 nitrogen and oxygen atoms in total. The van der Waals surface area contributed by atoms with Crippen molar-refractivity contribution in [3.63, 3.8) is 0 Å². The number of rotatable bonds is 5. The summed E-state index contributed by atoms with van der Waals surface area (Å²) in [5.74, 6) is -0.249. The molecular weight excluding hydrogens is 236 g/mol. The van der Waals surface area contributed by atoms with Crippen molar-refractivity contribution in [2.24, 2.45) is 0 Å². The Hall–Kier alpha value is -2.50. The van der Waals surface area contributed by atoms with E-state index >= 15 is 0 Å². The van der Waals surface area contributed by atoms with E-state index in [0.717, 1.165) is 5.56 Å². The Balaban J connectivity index is 1.99. The molecular formula is C12H12N2O4. The standard InChI is InChI=1S/C12H12N2O4/c1-17-11-6-8(4-5-13-11)7-14-10-3-2-9(18-10)12(15)16/h2-6,14H,7H2,1H3,(H,15,16). The van der Waals surface area contributed by atoms with E-state index in [0.29, 0.717) is 18.3 Å². The van der Waals surface area contributed by atoms with Gasteiger partial charge in [-0.3, -0.25) is 0 Å². The second-order valence-electron chi connectivity index (χ2n) is 3.53. The van der Waals surface area contributed by atoms with E-state index in [1.54, 1.807) is 25.4 Å². The summed E-state index contributed by atoms with van der Waals surface area (Å²) < 4.78 is 10.1. The Morgan fingerprint density at radius 3 is 3.00 bits per heavy atom. The third-order valence-corrected chi connectivity index (χ3v) is 2.29. The topological polar surface area (TPSA) is 84.6 Å². The predicted octanol–water partition coefficient (Wildman–Crippen LogP) is 1.99. The maximum Gasteiger partial charge on any atom is 0.371 e. The second kappa shape index (κ2) is 5.22. The molecule has 0 aliphatic rings. The SMILES string of the molecule is COc1cc(CNc2ccc(C(=O)O)o2)ccn1. The number of anilines is 1. The van der Waals surface area contributed by atoms with Gasteiger partial charge in [-0.05, 0) is 17.7 Å². The summed E-state index contributed by atoms with van der Waals surface area (Å²) in [6.07, 6.45) is 1.64. The van der Waals surface area contributed by atoms with E-state index in [1.165, 1.54) is 6.07 Å². The van der Waals surface area contributed by atoms with Crippen molar-refractivity contribution in [2.45, 2.75) is 6.54 Å². The summed E-state index contributed by atoms with van der Waals surface area (Å²) in [7, 11) is 1.55. The van der Waals surface area contributed by atoms with Crippen LogP contribution in [-0.2, 0) is 6.54 Å². The Morgan fingerprint density at radius 2 is 2.33 bits per heavy atom. The number of pyridine rings is 1. The zero-order chi connectivity index (χ0) is 13.0. The van der Waals surface area contributed by atoms with Crippen LogP contribution >= 0.6 is 0 Å². The number of carboxylic acid groups (broad SMARTS) is 1. The lowest BCUT2D eigenvalue weighted by molar-refractivity contribution is 0.0663. The van der Waals surface area contributed by atoms with Crippen LogP contribution in [0.15, 0.2) is 34.9 Å². The maximum atomic E-state index is 10.6. The number of carboxylic acids is 1. The van der Waals surface area contributed by atoms with Crippen molar-refractivity contribution in [3.05, 3.63) is 41.8 Å². The van der Waals surface area contributed by atoms with Gasteiger partial charge in [0.1, 0.15) is 0 Å². The summed E-state index contributed by atoms with van der Waals surface area (Å²) in [5, 5.41) is 11.7. The molecule has 2 aromatic rings. The fourth-order valence-corrected chi connectivity index (χ4v) is 1.41. The van der Waals surface area contributed by atoms with Crippen LogP contribution < -0.4 is 10.1 Å². The van der Waals surface area contributed by atoms with Gasteiger partial charge in [-0.1, -0.05) is 0 Å². The lowest BCUT2D eigenvalue weighted by atomic mass is 10.2. The fourth-order valence-electron chi connectivity index (χ4n) is 1.41. The van der Waals surface area contributed by atoms with E-state index in [9.17, 15) is 4.79 Å². The van der Waals surface area contributed by atoms with E-state index < -0.39 is 5.97 Å². The number of carbonyl (C=O) groups is 1. The first-order chi connectivity index (χ1) is 8.69. The molecule has 0 aromatic carbocycles. The first-order valence-electron chi connectivity index (χ1n) is 5.25. The van der Waals surface area contributed by atoms with Gasteiger partial charge in [0, 0.05) is 24.9 Å². The van der Waals surface area contributed by atoms with E-state index in [-0.39, 0.29) is 5.76 Å². The van der Waals surface area contributed by atoms with Crippen LogP contribution in [0.5, 0.6) is 5.88 Å². The largest absolute Gasteiger partial charge is 0.481 e. The van der Waals surface area contributed by atoms with Gasteiger partial charge in [-0.15, -0.1) is 0 Å². The lowest BCUT2D eigenvalue weighted by Crippen LogP contribution is -1.99. The van der Waals surface area contributed by atoms with Gasteiger partial charge < -0.3 is 19.6 Å². The first-order valence-corrected chi connectivity index (χ1v) is 5.25. The van der Waals surface area contributed by atoms with Crippen LogP contribution in [0, 0.1) is 0 Å². The highest BCUT2D eigenvalue weighted by Gasteiger charge is 2.08. The van der Waals surface area contributed by atoms with Crippen LogP contribution in [0.1, 0.15) is 16.1 Å². The van der Waals surface area contributed by atoms with Gasteiger partial charge in [0.25, 0.3) is 0 Å². The summed E-state index contributed by atoms with van der Waals surface area (Å²) in [5.41, 5.74) is 0.954. The molecule has 0 saturated carbocycles. The Kier molecular flexibility index (Phi) is 3.47. The molecule has 0 amide bonds. The predicted molar refractivity (Wildman–Crippen MR) is 63.8 cm³/mol. The number of aromatic nitrogens is 1. The lowest BCUT2D eigenvalue weighted by Gasteiger charge is -2.04. The first kappa shape index (κ1) is 12.0. The summed E-state index contributed by atoms with van der Waals surface area (Å²) in [6.45, 7) is 0.492. The van der Waals surface area contributed by atoms with Crippen LogP contribution in [0.4, 0.5) is 5.88 Å². The molecule has 0 bridgehead atoms. The molecule has 0 saturated heterocycles. The quantitative estimate of drug-likeness (QED) is 0.841. The molecule has 2 rings (SSSR count). The van der Waals surface area contributed by atoms with Crippen LogP contribution in [-0.4, -0.2) is 23.2 Å². The molecule has 0 aliphatic heterocycles. The number of aromatic carboxylic acids is 1. The minimum Gasteiger partial charge on any atom is -0.481 e. The van der Waals surface area contributed by atoms with Gasteiger partial charge in [-0.25, -0.2) is 9.78 Å². The Morgan fingerprint density at radius 1 is 1.50 bits per heavy atom. The van der Waals surface area contributed by atoms with Crippen LogP contribution in [0.2, 0.25) is 0 Å². The summed E-state index contributed by atoms with van der Waals surface area (Å²) in [6, 6.07) is 6.59. The zero-order valence-corrected chi connectivity index (χ0v) is 9.71. The second-order valence-corrected chi connectivity index (χ2v) is 3.53. The van der Waals surface area contributed by atoms with Crippen molar-refractivity contribution in [2.75, 3.05) is 12.4 Å². The average Bonchev–Trinajstić information content (AvgIpc) is 2.85. The van der Waals surface area contributed by atoms with Gasteiger partial charge in [0.2, 0.25) is 11.6 Å². The van der Waals surface area contributed by atoms with E-state index in [2.05, 4.69) is 10.3 Å². The van der Waals surface area contributed by atoms with Crippen molar-refractivity contribution in [1.29, 1.82) is 0 Å². The zero-order valence-electron chi connectivity index (χ0n) is 9.71. The fraction of sp³-hybridized carbons (Fsp3) is 0.167. The van der Waals surface area contributed by atoms with Crippen molar-refractivity contribution in [3.8, 4) is 5.88 Å². The molecule has 0 aliphatic carbocycles. The van der Waals surface area contributed by atoms with E-state index in [1.807, 2.05) is 6.07 Å². The summed E-state index contributed by atoms with van der Waals surface area (Å²) in [4.78, 5) is 14.6. The van der Waals surface area contributed by atoms with Gasteiger partial charge >= 0.3 is 5.97 Å². The molecule has 2 heterocycles. The highest BCUT2D eigenvalue weighted by molar-refractivity contribution is 5.84. The number of nitrogens with one attached hydrogen (secondary N) is 1. The Bertz CT molecular complexity index is 551.